The van der Waals surface area contributed by atoms with E-state index in [0.717, 1.165) is 17.4 Å². The predicted octanol–water partition coefficient (Wildman–Crippen LogP) is 7.05. The number of hydrogen-bond acceptors (Lipinski definition) is 1. The van der Waals surface area contributed by atoms with Crippen molar-refractivity contribution in [2.75, 3.05) is 0 Å². The zero-order valence-corrected chi connectivity index (χ0v) is 15.9. The number of hydrogen-bond donors (Lipinski definition) is 0. The second kappa shape index (κ2) is 10.9. The molecule has 0 N–H and O–H groups in total. The minimum absolute atomic E-state index is 0.118. The maximum Gasteiger partial charge on any atom is 0.573 e. The fraction of sp³-hybridized carbons (Fsp3) is 0.714. The van der Waals surface area contributed by atoms with E-state index in [0.29, 0.717) is 12.2 Å². The van der Waals surface area contributed by atoms with Crippen LogP contribution in [0.1, 0.15) is 82.3 Å². The van der Waals surface area contributed by atoms with Crippen molar-refractivity contribution in [3.63, 3.8) is 0 Å². The molecule has 1 radical (unpaired) electrons. The Labute approximate surface area is 156 Å². The lowest BCUT2D eigenvalue weighted by molar-refractivity contribution is -0.274. The molecule has 1 aliphatic rings. The van der Waals surface area contributed by atoms with Crippen molar-refractivity contribution in [1.82, 2.24) is 0 Å². The van der Waals surface area contributed by atoms with E-state index >= 15 is 0 Å². The van der Waals surface area contributed by atoms with Gasteiger partial charge in [-0.15, -0.1) is 13.2 Å². The normalized spacial score (nSPS) is 18.2. The molecule has 0 aromatic heterocycles. The fourth-order valence-corrected chi connectivity index (χ4v) is 3.88. The number of alkyl halides is 3. The average Bonchev–Trinajstić information content (AvgIpc) is 2.65. The average molecular weight is 367 g/mol. The zero-order chi connectivity index (χ0) is 18.8. The molecule has 0 unspecified atom stereocenters. The van der Waals surface area contributed by atoms with E-state index in [2.05, 4.69) is 12.0 Å². The van der Waals surface area contributed by atoms with E-state index in [9.17, 15) is 13.2 Å². The Bertz CT molecular complexity index is 518. The van der Waals surface area contributed by atoms with E-state index in [1.807, 2.05) is 6.92 Å². The quantitative estimate of drug-likeness (QED) is 0.507. The molecule has 1 fully saturated rings. The first-order valence-corrected chi connectivity index (χ1v) is 10.2. The summed E-state index contributed by atoms with van der Waals surface area (Å²) < 4.78 is 41.3. The number of halogens is 3. The summed E-state index contributed by atoms with van der Waals surface area (Å²) in [6.45, 7) is 1.98. The second-order valence-electron chi connectivity index (χ2n) is 7.44. The van der Waals surface area contributed by atoms with Crippen molar-refractivity contribution in [3.05, 3.63) is 29.3 Å². The second-order valence-corrected chi connectivity index (χ2v) is 7.44. The first kappa shape index (κ1) is 21.2. The van der Waals surface area contributed by atoms with E-state index in [1.165, 1.54) is 76.3 Å². The molecule has 1 saturated carbocycles. The first-order valence-electron chi connectivity index (χ1n) is 10.2. The van der Waals surface area contributed by atoms with E-state index in [1.54, 1.807) is 6.07 Å². The van der Waals surface area contributed by atoms with E-state index in [-0.39, 0.29) is 5.75 Å². The standard InChI is InChI=1S/C21H31BF3O/c1-2-17-15-20(26-21(23,24)25)14-13-18(17)16-22-19-11-9-7-5-3-4-6-8-10-12-19/h13-15,19H,2-12,16H2,1H3. The maximum atomic E-state index is 12.4. The van der Waals surface area contributed by atoms with Gasteiger partial charge in [-0.05, 0) is 24.1 Å². The molecule has 5 heteroatoms. The number of benzene rings is 1. The molecule has 1 aliphatic carbocycles. The highest BCUT2D eigenvalue weighted by Gasteiger charge is 2.31. The fourth-order valence-electron chi connectivity index (χ4n) is 3.88. The van der Waals surface area contributed by atoms with Crippen LogP contribution < -0.4 is 4.74 Å². The molecule has 0 aliphatic heterocycles. The summed E-state index contributed by atoms with van der Waals surface area (Å²) in [6, 6.07) is 4.77. The maximum absolute atomic E-state index is 12.4. The van der Waals surface area contributed by atoms with Gasteiger partial charge < -0.3 is 4.74 Å². The highest BCUT2D eigenvalue weighted by Crippen LogP contribution is 2.28. The zero-order valence-electron chi connectivity index (χ0n) is 15.9. The molecule has 0 atom stereocenters. The lowest BCUT2D eigenvalue weighted by atomic mass is 9.57. The molecule has 1 aromatic carbocycles. The Morgan fingerprint density at radius 1 is 0.923 bits per heavy atom. The summed E-state index contributed by atoms with van der Waals surface area (Å²) >= 11 is 0. The third-order valence-electron chi connectivity index (χ3n) is 5.36. The van der Waals surface area contributed by atoms with Crippen molar-refractivity contribution >= 4 is 7.28 Å². The Morgan fingerprint density at radius 2 is 1.50 bits per heavy atom. The van der Waals surface area contributed by atoms with E-state index < -0.39 is 6.36 Å². The van der Waals surface area contributed by atoms with Crippen LogP contribution in [0.2, 0.25) is 5.82 Å². The minimum atomic E-state index is -4.63. The summed E-state index contributed by atoms with van der Waals surface area (Å²) in [7, 11) is 2.40. The van der Waals surface area contributed by atoms with Crippen molar-refractivity contribution in [2.24, 2.45) is 0 Å². The number of ether oxygens (including phenoxy) is 1. The van der Waals surface area contributed by atoms with Crippen LogP contribution >= 0.6 is 0 Å². The minimum Gasteiger partial charge on any atom is -0.406 e. The van der Waals surface area contributed by atoms with Gasteiger partial charge in [0.05, 0.1) is 0 Å². The van der Waals surface area contributed by atoms with Gasteiger partial charge in [-0.25, -0.2) is 0 Å². The van der Waals surface area contributed by atoms with Crippen LogP contribution in [0.25, 0.3) is 0 Å². The largest absolute Gasteiger partial charge is 0.573 e. The van der Waals surface area contributed by atoms with Crippen molar-refractivity contribution in [1.29, 1.82) is 0 Å². The highest BCUT2D eigenvalue weighted by molar-refractivity contribution is 6.37. The summed E-state index contributed by atoms with van der Waals surface area (Å²) in [4.78, 5) is 0. The summed E-state index contributed by atoms with van der Waals surface area (Å²) in [6.07, 6.45) is 10.1. The molecular formula is C21H31BF3O. The van der Waals surface area contributed by atoms with Crippen molar-refractivity contribution < 1.29 is 17.9 Å². The van der Waals surface area contributed by atoms with E-state index in [4.69, 9.17) is 0 Å². The van der Waals surface area contributed by atoms with Gasteiger partial charge in [0, 0.05) is 0 Å². The molecule has 26 heavy (non-hydrogen) atoms. The van der Waals surface area contributed by atoms with Crippen LogP contribution in [0.4, 0.5) is 13.2 Å². The molecule has 0 amide bonds. The summed E-state index contributed by atoms with van der Waals surface area (Å²) in [5, 5.41) is 0. The van der Waals surface area contributed by atoms with Gasteiger partial charge in [0.15, 0.2) is 0 Å². The topological polar surface area (TPSA) is 9.23 Å². The molecule has 0 heterocycles. The molecule has 145 valence electrons. The Kier molecular flexibility index (Phi) is 8.87. The first-order chi connectivity index (χ1) is 12.5. The smallest absolute Gasteiger partial charge is 0.406 e. The van der Waals surface area contributed by atoms with Gasteiger partial charge in [-0.1, -0.05) is 94.9 Å². The van der Waals surface area contributed by atoms with Crippen LogP contribution in [0.15, 0.2) is 18.2 Å². The van der Waals surface area contributed by atoms with Crippen LogP contribution in [-0.2, 0) is 12.7 Å². The number of aryl methyl sites for hydroxylation is 1. The molecular weight excluding hydrogens is 336 g/mol. The van der Waals surface area contributed by atoms with Crippen LogP contribution in [0.5, 0.6) is 5.75 Å². The van der Waals surface area contributed by atoms with Gasteiger partial charge >= 0.3 is 6.36 Å². The molecule has 0 saturated heterocycles. The van der Waals surface area contributed by atoms with Crippen LogP contribution in [-0.4, -0.2) is 13.6 Å². The molecule has 1 nitrogen and oxygen atoms in total. The van der Waals surface area contributed by atoms with Crippen molar-refractivity contribution in [3.8, 4) is 5.75 Å². The third kappa shape index (κ3) is 8.05. The Morgan fingerprint density at radius 3 is 2.04 bits per heavy atom. The van der Waals surface area contributed by atoms with Gasteiger partial charge in [0.25, 0.3) is 0 Å². The van der Waals surface area contributed by atoms with Gasteiger partial charge in [0.2, 0.25) is 0 Å². The van der Waals surface area contributed by atoms with Crippen LogP contribution in [0.3, 0.4) is 0 Å². The monoisotopic (exact) mass is 367 g/mol. The summed E-state index contributed by atoms with van der Waals surface area (Å²) in [5.41, 5.74) is 2.07. The Hall–Kier alpha value is -1.13. The van der Waals surface area contributed by atoms with Crippen molar-refractivity contribution in [2.45, 2.75) is 96.1 Å². The number of rotatable bonds is 5. The SMILES string of the molecule is CCc1cc(OC(F)(F)F)ccc1C[B]C1CCCCCCCCCC1. The van der Waals surface area contributed by atoms with Gasteiger partial charge in [0.1, 0.15) is 13.0 Å². The van der Waals surface area contributed by atoms with Crippen LogP contribution in [0, 0.1) is 0 Å². The lowest BCUT2D eigenvalue weighted by Gasteiger charge is -2.17. The molecule has 1 aromatic rings. The lowest BCUT2D eigenvalue weighted by Crippen LogP contribution is -2.17. The van der Waals surface area contributed by atoms with Gasteiger partial charge in [-0.3, -0.25) is 0 Å². The molecule has 0 bridgehead atoms. The predicted molar refractivity (Wildman–Crippen MR) is 102 cm³/mol. The molecule has 0 spiro atoms. The Balaban J connectivity index is 1.93. The molecule has 2 rings (SSSR count). The third-order valence-corrected chi connectivity index (χ3v) is 5.36. The summed E-state index contributed by atoms with van der Waals surface area (Å²) in [5.74, 6) is 0.511. The highest BCUT2D eigenvalue weighted by atomic mass is 19.4. The van der Waals surface area contributed by atoms with Gasteiger partial charge in [-0.2, -0.15) is 0 Å².